The van der Waals surface area contributed by atoms with Crippen molar-refractivity contribution in [1.82, 2.24) is 15.2 Å². The summed E-state index contributed by atoms with van der Waals surface area (Å²) in [5.74, 6) is -0.239. The van der Waals surface area contributed by atoms with Crippen LogP contribution in [0.5, 0.6) is 0 Å². The van der Waals surface area contributed by atoms with Gasteiger partial charge < -0.3 is 10.2 Å². The second-order valence-electron chi connectivity index (χ2n) is 5.53. The van der Waals surface area contributed by atoms with Gasteiger partial charge in [-0.25, -0.2) is 4.39 Å². The number of carbonyl (C=O) groups is 1. The van der Waals surface area contributed by atoms with Crippen LogP contribution in [0.4, 0.5) is 10.2 Å². The molecule has 1 amide bonds. The SMILES string of the molecule is O=C(Nc1cc[nH+]cn1)C1=C2C=CC=CN2C(c2ccccc2F)N1. The number of benzene rings is 1. The lowest BCUT2D eigenvalue weighted by molar-refractivity contribution is -0.382. The van der Waals surface area contributed by atoms with Crippen molar-refractivity contribution in [3.8, 4) is 0 Å². The maximum absolute atomic E-state index is 14.2. The van der Waals surface area contributed by atoms with Crippen molar-refractivity contribution in [2.24, 2.45) is 0 Å². The summed E-state index contributed by atoms with van der Waals surface area (Å²) in [6.45, 7) is 0. The molecule has 1 atom stereocenters. The van der Waals surface area contributed by atoms with Crippen LogP contribution in [0.25, 0.3) is 0 Å². The first-order valence-electron chi connectivity index (χ1n) is 7.76. The molecule has 0 spiro atoms. The minimum absolute atomic E-state index is 0.329. The normalized spacial score (nSPS) is 18.1. The topological polar surface area (TPSA) is 71.4 Å². The summed E-state index contributed by atoms with van der Waals surface area (Å²) >= 11 is 0. The molecule has 4 rings (SSSR count). The maximum atomic E-state index is 14.2. The van der Waals surface area contributed by atoms with Gasteiger partial charge in [0, 0.05) is 17.8 Å². The van der Waals surface area contributed by atoms with Crippen molar-refractivity contribution in [3.63, 3.8) is 0 Å². The van der Waals surface area contributed by atoms with Crippen molar-refractivity contribution in [2.45, 2.75) is 6.17 Å². The molecule has 0 saturated carbocycles. The first-order valence-corrected chi connectivity index (χ1v) is 7.76. The Morgan fingerprint density at radius 3 is 2.96 bits per heavy atom. The number of nitrogens with zero attached hydrogens (tertiary/aromatic N) is 2. The van der Waals surface area contributed by atoms with Gasteiger partial charge in [-0.2, -0.15) is 0 Å². The van der Waals surface area contributed by atoms with Gasteiger partial charge in [-0.05, 0) is 23.2 Å². The molecule has 6 nitrogen and oxygen atoms in total. The Kier molecular flexibility index (Phi) is 3.74. The average Bonchev–Trinajstić information content (AvgIpc) is 3.03. The van der Waals surface area contributed by atoms with E-state index in [1.165, 1.54) is 12.4 Å². The molecule has 2 aliphatic rings. The molecule has 0 fully saturated rings. The van der Waals surface area contributed by atoms with Crippen molar-refractivity contribution in [2.75, 3.05) is 5.32 Å². The standard InChI is InChI=1S/C18H14FN5O/c19-13-6-2-1-5-12(13)17-23-16(14-7-3-4-10-24(14)17)18(25)22-15-8-9-20-11-21-15/h1-11,17,23H,(H,20,21,22,25)/p+1. The van der Waals surface area contributed by atoms with Crippen LogP contribution < -0.4 is 15.6 Å². The van der Waals surface area contributed by atoms with Crippen LogP contribution in [0.2, 0.25) is 0 Å². The highest BCUT2D eigenvalue weighted by Crippen LogP contribution is 2.34. The van der Waals surface area contributed by atoms with E-state index in [1.54, 1.807) is 30.5 Å². The van der Waals surface area contributed by atoms with Gasteiger partial charge in [-0.1, -0.05) is 24.3 Å². The quantitative estimate of drug-likeness (QED) is 0.898. The minimum Gasteiger partial charge on any atom is -0.355 e. The highest BCUT2D eigenvalue weighted by molar-refractivity contribution is 6.04. The van der Waals surface area contributed by atoms with Crippen molar-refractivity contribution >= 4 is 11.7 Å². The number of fused-ring (bicyclic) bond motifs is 1. The molecule has 1 unspecified atom stereocenters. The lowest BCUT2D eigenvalue weighted by Gasteiger charge is -2.26. The highest BCUT2D eigenvalue weighted by Gasteiger charge is 2.35. The van der Waals surface area contributed by atoms with Crippen LogP contribution >= 0.6 is 0 Å². The Bertz CT molecular complexity index is 907. The molecule has 1 aromatic heterocycles. The van der Waals surface area contributed by atoms with Crippen LogP contribution in [0.1, 0.15) is 11.7 Å². The zero-order valence-electron chi connectivity index (χ0n) is 13.1. The van der Waals surface area contributed by atoms with Gasteiger partial charge >= 0.3 is 0 Å². The van der Waals surface area contributed by atoms with Gasteiger partial charge in [-0.3, -0.25) is 15.1 Å². The van der Waals surface area contributed by atoms with Gasteiger partial charge in [-0.15, -0.1) is 0 Å². The number of nitrogens with one attached hydrogen (secondary N) is 3. The van der Waals surface area contributed by atoms with Crippen LogP contribution in [0, 0.1) is 5.82 Å². The number of hydrogen-bond donors (Lipinski definition) is 2. The van der Waals surface area contributed by atoms with Gasteiger partial charge in [0.1, 0.15) is 17.7 Å². The molecule has 2 aromatic rings. The molecule has 0 saturated heterocycles. The Hall–Kier alpha value is -3.48. The molecule has 0 bridgehead atoms. The molecule has 0 aliphatic carbocycles. The Labute approximate surface area is 143 Å². The van der Waals surface area contributed by atoms with E-state index >= 15 is 0 Å². The third kappa shape index (κ3) is 2.76. The van der Waals surface area contributed by atoms with E-state index in [1.807, 2.05) is 29.3 Å². The summed E-state index contributed by atoms with van der Waals surface area (Å²) < 4.78 is 14.2. The van der Waals surface area contributed by atoms with Gasteiger partial charge in [0.25, 0.3) is 18.1 Å². The predicted octanol–water partition coefficient (Wildman–Crippen LogP) is 1.87. The number of H-pyrrole nitrogens is 1. The number of carbonyl (C=O) groups excluding carboxylic acids is 1. The minimum atomic E-state index is -0.491. The molecule has 3 heterocycles. The van der Waals surface area contributed by atoms with Gasteiger partial charge in [0.05, 0.1) is 11.9 Å². The third-order valence-corrected chi connectivity index (χ3v) is 3.99. The maximum Gasteiger partial charge on any atom is 0.286 e. The van der Waals surface area contributed by atoms with Crippen LogP contribution in [0.15, 0.2) is 78.7 Å². The number of anilines is 1. The van der Waals surface area contributed by atoms with Gasteiger partial charge in [0.2, 0.25) is 0 Å². The zero-order valence-corrected chi connectivity index (χ0v) is 13.1. The van der Waals surface area contributed by atoms with E-state index in [2.05, 4.69) is 20.6 Å². The number of halogens is 1. The molecule has 2 aliphatic heterocycles. The van der Waals surface area contributed by atoms with Gasteiger partial charge in [0.15, 0.2) is 0 Å². The molecule has 25 heavy (non-hydrogen) atoms. The predicted molar refractivity (Wildman–Crippen MR) is 88.8 cm³/mol. The molecular formula is C18H15FN5O+. The van der Waals surface area contributed by atoms with E-state index < -0.39 is 6.17 Å². The fourth-order valence-corrected chi connectivity index (χ4v) is 2.85. The van der Waals surface area contributed by atoms with E-state index in [0.717, 1.165) is 0 Å². The average molecular weight is 336 g/mol. The Morgan fingerprint density at radius 1 is 1.28 bits per heavy atom. The van der Waals surface area contributed by atoms with Crippen molar-refractivity contribution in [3.05, 3.63) is 90.1 Å². The number of amides is 1. The van der Waals surface area contributed by atoms with E-state index in [-0.39, 0.29) is 11.7 Å². The third-order valence-electron chi connectivity index (χ3n) is 3.99. The zero-order chi connectivity index (χ0) is 17.2. The molecule has 7 heteroatoms. The van der Waals surface area contributed by atoms with Crippen LogP contribution in [-0.4, -0.2) is 15.8 Å². The monoisotopic (exact) mass is 336 g/mol. The Morgan fingerprint density at radius 2 is 2.16 bits per heavy atom. The largest absolute Gasteiger partial charge is 0.355 e. The fraction of sp³-hybridized carbons (Fsp3) is 0.0556. The number of aromatic nitrogens is 2. The second kappa shape index (κ2) is 6.20. The van der Waals surface area contributed by atoms with E-state index in [0.29, 0.717) is 22.8 Å². The molecule has 3 N–H and O–H groups in total. The van der Waals surface area contributed by atoms with E-state index in [9.17, 15) is 9.18 Å². The molecule has 0 radical (unpaired) electrons. The summed E-state index contributed by atoms with van der Waals surface area (Å²) in [7, 11) is 0. The fourth-order valence-electron chi connectivity index (χ4n) is 2.85. The first kappa shape index (κ1) is 15.1. The first-order chi connectivity index (χ1) is 12.2. The van der Waals surface area contributed by atoms with Crippen molar-refractivity contribution in [1.29, 1.82) is 0 Å². The van der Waals surface area contributed by atoms with E-state index in [4.69, 9.17) is 0 Å². The summed E-state index contributed by atoms with van der Waals surface area (Å²) in [5.41, 5.74) is 1.51. The lowest BCUT2D eigenvalue weighted by Crippen LogP contribution is -2.29. The summed E-state index contributed by atoms with van der Waals surface area (Å²) in [6.07, 6.45) is 9.96. The Balaban J connectivity index is 1.66. The molecular weight excluding hydrogens is 321 g/mol. The number of hydrogen-bond acceptors (Lipinski definition) is 4. The van der Waals surface area contributed by atoms with Crippen molar-refractivity contribution < 1.29 is 14.2 Å². The second-order valence-corrected chi connectivity index (χ2v) is 5.53. The molecule has 124 valence electrons. The smallest absolute Gasteiger partial charge is 0.286 e. The number of rotatable bonds is 3. The van der Waals surface area contributed by atoms with Crippen LogP contribution in [0.3, 0.4) is 0 Å². The lowest BCUT2D eigenvalue weighted by atomic mass is 10.1. The summed E-state index contributed by atoms with van der Waals surface area (Å²) in [6, 6.07) is 8.17. The number of aromatic amines is 1. The molecule has 1 aromatic carbocycles. The summed E-state index contributed by atoms with van der Waals surface area (Å²) in [4.78, 5) is 21.3. The number of allylic oxidation sites excluding steroid dienone is 3. The summed E-state index contributed by atoms with van der Waals surface area (Å²) in [5, 5.41) is 5.86. The van der Waals surface area contributed by atoms with Crippen LogP contribution in [-0.2, 0) is 4.79 Å². The highest BCUT2D eigenvalue weighted by atomic mass is 19.1.